The van der Waals surface area contributed by atoms with Gasteiger partial charge in [-0.2, -0.15) is 4.31 Å². The molecular formula is C12H18N2O3S. The van der Waals surface area contributed by atoms with E-state index in [1.165, 1.54) is 4.31 Å². The van der Waals surface area contributed by atoms with Gasteiger partial charge in [0.05, 0.1) is 25.1 Å². The fourth-order valence-electron chi connectivity index (χ4n) is 1.96. The van der Waals surface area contributed by atoms with E-state index < -0.39 is 16.2 Å². The standard InChI is InChI=1S/C12H18N2O3S/c13-12-10-17-8-7-14(12)18(15,16)9-6-11-4-2-1-3-5-11/h1-5,12H,6-10,13H2. The van der Waals surface area contributed by atoms with E-state index in [9.17, 15) is 8.42 Å². The predicted octanol–water partition coefficient (Wildman–Crippen LogP) is 0.176. The summed E-state index contributed by atoms with van der Waals surface area (Å²) < 4.78 is 30.8. The highest BCUT2D eigenvalue weighted by molar-refractivity contribution is 7.89. The minimum absolute atomic E-state index is 0.0880. The molecule has 18 heavy (non-hydrogen) atoms. The minimum Gasteiger partial charge on any atom is -0.377 e. The summed E-state index contributed by atoms with van der Waals surface area (Å²) in [4.78, 5) is 0. The van der Waals surface area contributed by atoms with Crippen LogP contribution in [-0.2, 0) is 21.2 Å². The van der Waals surface area contributed by atoms with E-state index in [-0.39, 0.29) is 12.4 Å². The number of hydrogen-bond donors (Lipinski definition) is 1. The van der Waals surface area contributed by atoms with E-state index in [1.807, 2.05) is 30.3 Å². The normalized spacial score (nSPS) is 21.9. The van der Waals surface area contributed by atoms with Crippen molar-refractivity contribution in [1.29, 1.82) is 0 Å². The van der Waals surface area contributed by atoms with E-state index in [0.29, 0.717) is 19.6 Å². The Hall–Kier alpha value is -0.950. The maximum Gasteiger partial charge on any atom is 0.215 e. The quantitative estimate of drug-likeness (QED) is 0.847. The van der Waals surface area contributed by atoms with Crippen molar-refractivity contribution < 1.29 is 13.2 Å². The zero-order valence-corrected chi connectivity index (χ0v) is 11.0. The summed E-state index contributed by atoms with van der Waals surface area (Å²) >= 11 is 0. The second-order valence-corrected chi connectivity index (χ2v) is 6.35. The maximum absolute atomic E-state index is 12.2. The molecule has 2 N–H and O–H groups in total. The third kappa shape index (κ3) is 3.29. The van der Waals surface area contributed by atoms with E-state index in [4.69, 9.17) is 10.5 Å². The van der Waals surface area contributed by atoms with Crippen LogP contribution in [0.5, 0.6) is 0 Å². The molecule has 0 radical (unpaired) electrons. The first-order chi connectivity index (χ1) is 8.59. The summed E-state index contributed by atoms with van der Waals surface area (Å²) in [5, 5.41) is 0. The zero-order chi connectivity index (χ0) is 13.0. The summed E-state index contributed by atoms with van der Waals surface area (Å²) in [5.41, 5.74) is 6.77. The molecule has 5 nitrogen and oxygen atoms in total. The molecule has 0 aromatic heterocycles. The summed E-state index contributed by atoms with van der Waals surface area (Å²) in [6, 6.07) is 9.57. The highest BCUT2D eigenvalue weighted by Crippen LogP contribution is 2.11. The topological polar surface area (TPSA) is 72.6 Å². The van der Waals surface area contributed by atoms with Crippen molar-refractivity contribution >= 4 is 10.0 Å². The van der Waals surface area contributed by atoms with Crippen LogP contribution in [0, 0.1) is 0 Å². The molecule has 0 saturated carbocycles. The van der Waals surface area contributed by atoms with Crippen LogP contribution in [0.4, 0.5) is 0 Å². The number of ether oxygens (including phenoxy) is 1. The number of aryl methyl sites for hydroxylation is 1. The molecule has 0 bridgehead atoms. The van der Waals surface area contributed by atoms with Crippen LogP contribution in [0.25, 0.3) is 0 Å². The van der Waals surface area contributed by atoms with Gasteiger partial charge in [0.1, 0.15) is 0 Å². The van der Waals surface area contributed by atoms with Gasteiger partial charge in [-0.15, -0.1) is 0 Å². The Morgan fingerprint density at radius 2 is 2.06 bits per heavy atom. The first kappa shape index (κ1) is 13.5. The average molecular weight is 270 g/mol. The third-order valence-electron chi connectivity index (χ3n) is 2.96. The molecule has 1 aromatic rings. The molecule has 0 amide bonds. The molecule has 100 valence electrons. The molecule has 1 unspecified atom stereocenters. The number of benzene rings is 1. The first-order valence-corrected chi connectivity index (χ1v) is 7.57. The van der Waals surface area contributed by atoms with Gasteiger partial charge in [-0.25, -0.2) is 8.42 Å². The lowest BCUT2D eigenvalue weighted by Gasteiger charge is -2.31. The second kappa shape index (κ2) is 5.79. The zero-order valence-electron chi connectivity index (χ0n) is 10.2. The van der Waals surface area contributed by atoms with E-state index in [1.54, 1.807) is 0 Å². The number of nitrogens with two attached hydrogens (primary N) is 1. The molecular weight excluding hydrogens is 252 g/mol. The number of hydrogen-bond acceptors (Lipinski definition) is 4. The van der Waals surface area contributed by atoms with Crippen molar-refractivity contribution in [2.45, 2.75) is 12.6 Å². The fourth-order valence-corrected chi connectivity index (χ4v) is 3.52. The largest absolute Gasteiger partial charge is 0.377 e. The van der Waals surface area contributed by atoms with Crippen LogP contribution >= 0.6 is 0 Å². The first-order valence-electron chi connectivity index (χ1n) is 5.96. The molecule has 0 spiro atoms. The highest BCUT2D eigenvalue weighted by atomic mass is 32.2. The molecule has 1 aromatic carbocycles. The van der Waals surface area contributed by atoms with Crippen molar-refractivity contribution in [1.82, 2.24) is 4.31 Å². The van der Waals surface area contributed by atoms with Crippen molar-refractivity contribution in [3.8, 4) is 0 Å². The van der Waals surface area contributed by atoms with Gasteiger partial charge < -0.3 is 10.5 Å². The second-order valence-electron chi connectivity index (χ2n) is 4.30. The van der Waals surface area contributed by atoms with Gasteiger partial charge in [0, 0.05) is 6.54 Å². The Labute approximate surface area is 108 Å². The Balaban J connectivity index is 1.99. The molecule has 1 heterocycles. The van der Waals surface area contributed by atoms with E-state index in [2.05, 4.69) is 0 Å². The van der Waals surface area contributed by atoms with Gasteiger partial charge in [0.2, 0.25) is 10.0 Å². The van der Waals surface area contributed by atoms with Crippen molar-refractivity contribution in [2.75, 3.05) is 25.5 Å². The van der Waals surface area contributed by atoms with Crippen LogP contribution in [0.2, 0.25) is 0 Å². The summed E-state index contributed by atoms with van der Waals surface area (Å²) in [6.07, 6.45) is -0.0488. The number of nitrogens with zero attached hydrogens (tertiary/aromatic N) is 1. The summed E-state index contributed by atoms with van der Waals surface area (Å²) in [6.45, 7) is 1.03. The van der Waals surface area contributed by atoms with Gasteiger partial charge in [-0.3, -0.25) is 0 Å². The lowest BCUT2D eigenvalue weighted by molar-refractivity contribution is 0.0350. The Kier molecular flexibility index (Phi) is 4.34. The van der Waals surface area contributed by atoms with Crippen LogP contribution < -0.4 is 5.73 Å². The minimum atomic E-state index is -3.30. The van der Waals surface area contributed by atoms with Crippen molar-refractivity contribution in [3.63, 3.8) is 0 Å². The Morgan fingerprint density at radius 1 is 1.33 bits per heavy atom. The predicted molar refractivity (Wildman–Crippen MR) is 69.4 cm³/mol. The Bertz CT molecular complexity index is 475. The lowest BCUT2D eigenvalue weighted by Crippen LogP contribution is -2.54. The molecule has 1 aliphatic rings. The smallest absolute Gasteiger partial charge is 0.215 e. The van der Waals surface area contributed by atoms with E-state index >= 15 is 0 Å². The van der Waals surface area contributed by atoms with Gasteiger partial charge >= 0.3 is 0 Å². The highest BCUT2D eigenvalue weighted by Gasteiger charge is 2.29. The fraction of sp³-hybridized carbons (Fsp3) is 0.500. The molecule has 1 fully saturated rings. The number of sulfonamides is 1. The summed E-state index contributed by atoms with van der Waals surface area (Å²) in [5.74, 6) is 0.0880. The maximum atomic E-state index is 12.2. The van der Waals surface area contributed by atoms with E-state index in [0.717, 1.165) is 5.56 Å². The molecule has 6 heteroatoms. The molecule has 0 aliphatic carbocycles. The van der Waals surface area contributed by atoms with Crippen LogP contribution in [0.1, 0.15) is 5.56 Å². The molecule has 1 aliphatic heterocycles. The van der Waals surface area contributed by atoms with Crippen molar-refractivity contribution in [3.05, 3.63) is 35.9 Å². The molecule has 1 atom stereocenters. The molecule has 2 rings (SSSR count). The Morgan fingerprint density at radius 3 is 2.72 bits per heavy atom. The SMILES string of the molecule is NC1COCCN1S(=O)(=O)CCc1ccccc1. The van der Waals surface area contributed by atoms with Crippen LogP contribution in [-0.4, -0.2) is 44.4 Å². The van der Waals surface area contributed by atoms with Gasteiger partial charge in [-0.1, -0.05) is 30.3 Å². The van der Waals surface area contributed by atoms with Crippen LogP contribution in [0.3, 0.4) is 0 Å². The number of morpholine rings is 1. The van der Waals surface area contributed by atoms with Gasteiger partial charge in [-0.05, 0) is 12.0 Å². The lowest BCUT2D eigenvalue weighted by atomic mass is 10.2. The monoisotopic (exact) mass is 270 g/mol. The number of rotatable bonds is 4. The van der Waals surface area contributed by atoms with Crippen LogP contribution in [0.15, 0.2) is 30.3 Å². The van der Waals surface area contributed by atoms with Gasteiger partial charge in [0.15, 0.2) is 0 Å². The third-order valence-corrected chi connectivity index (χ3v) is 4.85. The molecule has 1 saturated heterocycles. The van der Waals surface area contributed by atoms with Gasteiger partial charge in [0.25, 0.3) is 0 Å². The van der Waals surface area contributed by atoms with Crippen molar-refractivity contribution in [2.24, 2.45) is 5.73 Å². The summed E-state index contributed by atoms with van der Waals surface area (Å²) in [7, 11) is -3.30. The average Bonchev–Trinajstić information content (AvgIpc) is 2.38.